The third-order valence-corrected chi connectivity index (χ3v) is 4.26. The average molecular weight is 331 g/mol. The minimum absolute atomic E-state index is 0.0494. The minimum atomic E-state index is -1.60. The predicted octanol–water partition coefficient (Wildman–Crippen LogP) is 4.04. The molecule has 0 bridgehead atoms. The van der Waals surface area contributed by atoms with Crippen molar-refractivity contribution >= 4 is 26.7 Å². The summed E-state index contributed by atoms with van der Waals surface area (Å²) < 4.78 is 39.6. The molecular formula is C13H9BrF2OS. The summed E-state index contributed by atoms with van der Waals surface area (Å²) >= 11 is 3.22. The van der Waals surface area contributed by atoms with Crippen LogP contribution in [0.3, 0.4) is 0 Å². The van der Waals surface area contributed by atoms with Crippen LogP contribution in [0.15, 0.2) is 51.8 Å². The predicted molar refractivity (Wildman–Crippen MR) is 70.6 cm³/mol. The van der Waals surface area contributed by atoms with E-state index < -0.39 is 22.4 Å². The Morgan fingerprint density at radius 3 is 2.50 bits per heavy atom. The molecule has 0 fully saturated rings. The van der Waals surface area contributed by atoms with Crippen LogP contribution in [0.5, 0.6) is 0 Å². The van der Waals surface area contributed by atoms with Crippen molar-refractivity contribution in [2.75, 3.05) is 0 Å². The van der Waals surface area contributed by atoms with Gasteiger partial charge in [-0.1, -0.05) is 28.1 Å². The summed E-state index contributed by atoms with van der Waals surface area (Å²) in [4.78, 5) is 0.0943. The van der Waals surface area contributed by atoms with Gasteiger partial charge in [0.1, 0.15) is 11.6 Å². The zero-order valence-corrected chi connectivity index (χ0v) is 11.6. The second-order valence-electron chi connectivity index (χ2n) is 3.66. The Kier molecular flexibility index (Phi) is 4.24. The van der Waals surface area contributed by atoms with E-state index in [1.807, 2.05) is 0 Å². The molecule has 0 saturated heterocycles. The Bertz CT molecular complexity index is 601. The molecular weight excluding hydrogens is 322 g/mol. The Labute approximate surface area is 114 Å². The minimum Gasteiger partial charge on any atom is -0.254 e. The lowest BCUT2D eigenvalue weighted by atomic mass is 10.2. The number of halogens is 3. The quantitative estimate of drug-likeness (QED) is 0.830. The van der Waals surface area contributed by atoms with Gasteiger partial charge in [-0.2, -0.15) is 0 Å². The highest BCUT2D eigenvalue weighted by molar-refractivity contribution is 9.10. The van der Waals surface area contributed by atoms with Gasteiger partial charge in [0, 0.05) is 10.0 Å². The normalized spacial score (nSPS) is 12.4. The molecule has 2 aromatic rings. The van der Waals surface area contributed by atoms with Gasteiger partial charge < -0.3 is 0 Å². The van der Waals surface area contributed by atoms with E-state index in [4.69, 9.17) is 0 Å². The molecule has 0 aliphatic heterocycles. The van der Waals surface area contributed by atoms with Gasteiger partial charge in [-0.05, 0) is 30.3 Å². The average Bonchev–Trinajstić information content (AvgIpc) is 2.34. The first-order valence-electron chi connectivity index (χ1n) is 5.15. The van der Waals surface area contributed by atoms with E-state index in [9.17, 15) is 13.0 Å². The fourth-order valence-corrected chi connectivity index (χ4v) is 3.09. The largest absolute Gasteiger partial charge is 0.254 e. The molecule has 1 nitrogen and oxygen atoms in total. The first-order valence-corrected chi connectivity index (χ1v) is 7.26. The highest BCUT2D eigenvalue weighted by Crippen LogP contribution is 2.20. The zero-order chi connectivity index (χ0) is 13.1. The Hall–Kier alpha value is -1.07. The van der Waals surface area contributed by atoms with Crippen molar-refractivity contribution in [2.45, 2.75) is 10.6 Å². The van der Waals surface area contributed by atoms with E-state index in [1.54, 1.807) is 18.2 Å². The molecule has 0 aromatic heterocycles. The molecule has 0 radical (unpaired) electrons. The third kappa shape index (κ3) is 3.03. The monoisotopic (exact) mass is 330 g/mol. The van der Waals surface area contributed by atoms with Gasteiger partial charge in [0.25, 0.3) is 0 Å². The molecule has 0 aliphatic rings. The maximum atomic E-state index is 13.5. The van der Waals surface area contributed by atoms with Gasteiger partial charge in [-0.3, -0.25) is 4.21 Å². The lowest BCUT2D eigenvalue weighted by Gasteiger charge is -2.05. The molecule has 0 heterocycles. The summed E-state index contributed by atoms with van der Waals surface area (Å²) in [5.41, 5.74) is 0.297. The van der Waals surface area contributed by atoms with E-state index in [2.05, 4.69) is 15.9 Å². The number of benzene rings is 2. The lowest BCUT2D eigenvalue weighted by molar-refractivity contribution is 0.593. The molecule has 94 valence electrons. The summed E-state index contributed by atoms with van der Waals surface area (Å²) in [7, 11) is -1.60. The molecule has 0 N–H and O–H groups in total. The van der Waals surface area contributed by atoms with Crippen LogP contribution in [0, 0.1) is 11.6 Å². The molecule has 2 rings (SSSR count). The number of hydrogen-bond acceptors (Lipinski definition) is 1. The Balaban J connectivity index is 2.27. The molecule has 0 saturated carbocycles. The van der Waals surface area contributed by atoms with Gasteiger partial charge in [-0.25, -0.2) is 8.78 Å². The topological polar surface area (TPSA) is 17.1 Å². The highest BCUT2D eigenvalue weighted by Gasteiger charge is 2.12. The summed E-state index contributed by atoms with van der Waals surface area (Å²) in [6.07, 6.45) is 0. The fourth-order valence-electron chi connectivity index (χ4n) is 1.50. The van der Waals surface area contributed by atoms with Crippen molar-refractivity contribution in [1.29, 1.82) is 0 Å². The maximum Gasteiger partial charge on any atom is 0.139 e. The number of rotatable bonds is 3. The van der Waals surface area contributed by atoms with Gasteiger partial charge >= 0.3 is 0 Å². The van der Waals surface area contributed by atoms with Crippen molar-refractivity contribution in [3.63, 3.8) is 0 Å². The molecule has 18 heavy (non-hydrogen) atoms. The van der Waals surface area contributed by atoms with E-state index in [0.717, 1.165) is 0 Å². The van der Waals surface area contributed by atoms with Crippen LogP contribution in [0.4, 0.5) is 8.78 Å². The SMILES string of the molecule is O=S(Cc1cc(Br)ccc1F)c1ccccc1F. The van der Waals surface area contributed by atoms with Crippen molar-refractivity contribution in [3.05, 3.63) is 64.1 Å². The van der Waals surface area contributed by atoms with Crippen LogP contribution in [-0.4, -0.2) is 4.21 Å². The molecule has 1 atom stereocenters. The van der Waals surface area contributed by atoms with Gasteiger partial charge in [0.15, 0.2) is 0 Å². The first-order chi connectivity index (χ1) is 8.58. The van der Waals surface area contributed by atoms with Gasteiger partial charge in [0.05, 0.1) is 21.4 Å². The third-order valence-electron chi connectivity index (χ3n) is 2.38. The number of hydrogen-bond donors (Lipinski definition) is 0. The second-order valence-corrected chi connectivity index (χ2v) is 5.99. The molecule has 0 spiro atoms. The smallest absolute Gasteiger partial charge is 0.139 e. The second kappa shape index (κ2) is 5.71. The Morgan fingerprint density at radius 1 is 1.06 bits per heavy atom. The van der Waals surface area contributed by atoms with Crippen molar-refractivity contribution in [2.24, 2.45) is 0 Å². The molecule has 1 unspecified atom stereocenters. The lowest BCUT2D eigenvalue weighted by Crippen LogP contribution is -2.01. The molecule has 2 aromatic carbocycles. The van der Waals surface area contributed by atoms with E-state index >= 15 is 0 Å². The first kappa shape index (κ1) is 13.4. The summed E-state index contributed by atoms with van der Waals surface area (Å²) in [5, 5.41) is 0. The molecule has 5 heteroatoms. The Morgan fingerprint density at radius 2 is 1.78 bits per heavy atom. The molecule has 0 amide bonds. The standard InChI is InChI=1S/C13H9BrF2OS/c14-10-5-6-11(15)9(7-10)8-18(17)13-4-2-1-3-12(13)16/h1-7H,8H2. The summed E-state index contributed by atoms with van der Waals surface area (Å²) in [5.74, 6) is -1.03. The van der Waals surface area contributed by atoms with Gasteiger partial charge in [0.2, 0.25) is 0 Å². The fraction of sp³-hybridized carbons (Fsp3) is 0.0769. The van der Waals surface area contributed by atoms with E-state index in [-0.39, 0.29) is 10.6 Å². The van der Waals surface area contributed by atoms with Crippen molar-refractivity contribution in [3.8, 4) is 0 Å². The van der Waals surface area contributed by atoms with E-state index in [0.29, 0.717) is 10.0 Å². The van der Waals surface area contributed by atoms with Crippen LogP contribution in [0.2, 0.25) is 0 Å². The van der Waals surface area contributed by atoms with Crippen LogP contribution in [0.1, 0.15) is 5.56 Å². The van der Waals surface area contributed by atoms with Crippen LogP contribution in [-0.2, 0) is 16.6 Å². The van der Waals surface area contributed by atoms with Crippen molar-refractivity contribution < 1.29 is 13.0 Å². The van der Waals surface area contributed by atoms with E-state index in [1.165, 1.54) is 24.3 Å². The van der Waals surface area contributed by atoms with Crippen LogP contribution < -0.4 is 0 Å². The highest BCUT2D eigenvalue weighted by atomic mass is 79.9. The maximum absolute atomic E-state index is 13.5. The van der Waals surface area contributed by atoms with Crippen LogP contribution in [0.25, 0.3) is 0 Å². The summed E-state index contributed by atoms with van der Waals surface area (Å²) in [6.45, 7) is 0. The zero-order valence-electron chi connectivity index (χ0n) is 9.20. The van der Waals surface area contributed by atoms with Crippen molar-refractivity contribution in [1.82, 2.24) is 0 Å². The molecule has 0 aliphatic carbocycles. The summed E-state index contributed by atoms with van der Waals surface area (Å²) in [6, 6.07) is 10.2. The van der Waals surface area contributed by atoms with Crippen LogP contribution >= 0.6 is 15.9 Å². The van der Waals surface area contributed by atoms with Gasteiger partial charge in [-0.15, -0.1) is 0 Å².